The molecule has 0 bridgehead atoms. The van der Waals surface area contributed by atoms with Crippen LogP contribution >= 0.6 is 0 Å². The lowest BCUT2D eigenvalue weighted by Gasteiger charge is -2.01. The lowest BCUT2D eigenvalue weighted by atomic mass is 10.4. The third-order valence-corrected chi connectivity index (χ3v) is 2.34. The van der Waals surface area contributed by atoms with Gasteiger partial charge in [-0.3, -0.25) is 4.79 Å². The molecule has 0 spiro atoms. The van der Waals surface area contributed by atoms with Crippen LogP contribution in [0.15, 0.2) is 23.4 Å². The van der Waals surface area contributed by atoms with Gasteiger partial charge in [-0.15, -0.1) is 0 Å². The maximum atomic E-state index is 11.8. The highest BCUT2D eigenvalue weighted by Gasteiger charge is 2.17. The number of aryl methyl sites for hydroxylation is 1. The van der Waals surface area contributed by atoms with Gasteiger partial charge in [-0.2, -0.15) is 5.10 Å². The van der Waals surface area contributed by atoms with Crippen molar-refractivity contribution in [3.05, 3.63) is 34.6 Å². The quantitative estimate of drug-likeness (QED) is 0.708. The van der Waals surface area contributed by atoms with Crippen LogP contribution in [0.25, 0.3) is 5.82 Å². The van der Waals surface area contributed by atoms with Gasteiger partial charge in [0.25, 0.3) is 5.56 Å². The number of carbonyl (C=O) groups excluding carboxylic acids is 1. The molecule has 0 radical (unpaired) electrons. The summed E-state index contributed by atoms with van der Waals surface area (Å²) >= 11 is 0. The normalized spacial score (nSPS) is 10.3. The molecular formula is C10H11N5O3. The topological polar surface area (TPSA) is 105 Å². The van der Waals surface area contributed by atoms with Gasteiger partial charge < -0.3 is 15.0 Å². The molecule has 18 heavy (non-hydrogen) atoms. The van der Waals surface area contributed by atoms with Crippen molar-refractivity contribution in [1.29, 1.82) is 0 Å². The largest absolute Gasteiger partial charge is 0.464 e. The molecule has 0 saturated carbocycles. The van der Waals surface area contributed by atoms with Crippen molar-refractivity contribution in [2.75, 3.05) is 12.8 Å². The minimum Gasteiger partial charge on any atom is -0.464 e. The summed E-state index contributed by atoms with van der Waals surface area (Å²) in [6, 6.07) is 0. The van der Waals surface area contributed by atoms with E-state index in [2.05, 4.69) is 14.8 Å². The molecule has 0 aliphatic heterocycles. The molecule has 0 atom stereocenters. The van der Waals surface area contributed by atoms with Crippen LogP contribution in [-0.2, 0) is 11.8 Å². The molecule has 2 rings (SSSR count). The summed E-state index contributed by atoms with van der Waals surface area (Å²) in [5, 5.41) is 3.89. The molecule has 0 amide bonds. The molecular weight excluding hydrogens is 238 g/mol. The predicted molar refractivity (Wildman–Crippen MR) is 62.4 cm³/mol. The van der Waals surface area contributed by atoms with Gasteiger partial charge in [-0.1, -0.05) is 0 Å². The van der Waals surface area contributed by atoms with Gasteiger partial charge in [0.05, 0.1) is 19.0 Å². The molecule has 0 aliphatic rings. The fourth-order valence-electron chi connectivity index (χ4n) is 1.39. The maximum Gasteiger partial charge on any atom is 0.360 e. The average Bonchev–Trinajstić information content (AvgIpc) is 2.73. The van der Waals surface area contributed by atoms with E-state index >= 15 is 0 Å². The van der Waals surface area contributed by atoms with Crippen molar-refractivity contribution in [2.24, 2.45) is 7.05 Å². The predicted octanol–water partition coefficient (Wildman–Crippen LogP) is -0.665. The van der Waals surface area contributed by atoms with E-state index in [1.807, 2.05) is 0 Å². The van der Waals surface area contributed by atoms with Gasteiger partial charge in [-0.25, -0.2) is 14.5 Å². The Morgan fingerprint density at radius 3 is 2.89 bits per heavy atom. The van der Waals surface area contributed by atoms with Gasteiger partial charge in [0.1, 0.15) is 0 Å². The number of rotatable bonds is 2. The number of ether oxygens (including phenoxy) is 1. The van der Waals surface area contributed by atoms with Crippen LogP contribution in [0.3, 0.4) is 0 Å². The Bertz CT molecular complexity index is 658. The fraction of sp³-hybridized carbons (Fsp3) is 0.200. The number of carbonyl (C=O) groups is 1. The van der Waals surface area contributed by atoms with Gasteiger partial charge in [-0.05, 0) is 0 Å². The number of nitrogens with zero attached hydrogens (tertiary/aromatic N) is 4. The van der Waals surface area contributed by atoms with E-state index in [1.54, 1.807) is 7.05 Å². The van der Waals surface area contributed by atoms with E-state index in [0.717, 1.165) is 4.68 Å². The van der Waals surface area contributed by atoms with E-state index in [0.29, 0.717) is 0 Å². The number of hydrogen-bond donors (Lipinski definition) is 1. The first-order valence-electron chi connectivity index (χ1n) is 5.00. The number of hydrogen-bond acceptors (Lipinski definition) is 6. The van der Waals surface area contributed by atoms with Gasteiger partial charge in [0.15, 0.2) is 5.69 Å². The minimum absolute atomic E-state index is 0.0507. The molecule has 0 unspecified atom stereocenters. The molecule has 2 aromatic rings. The summed E-state index contributed by atoms with van der Waals surface area (Å²) in [5.74, 6) is -0.610. The van der Waals surface area contributed by atoms with E-state index in [-0.39, 0.29) is 22.8 Å². The van der Waals surface area contributed by atoms with Crippen LogP contribution in [0, 0.1) is 0 Å². The van der Waals surface area contributed by atoms with E-state index < -0.39 is 5.97 Å². The zero-order chi connectivity index (χ0) is 13.3. The average molecular weight is 249 g/mol. The minimum atomic E-state index is -0.668. The van der Waals surface area contributed by atoms with Crippen LogP contribution in [0.5, 0.6) is 0 Å². The van der Waals surface area contributed by atoms with Crippen LogP contribution in [0.4, 0.5) is 5.69 Å². The summed E-state index contributed by atoms with van der Waals surface area (Å²) in [5.41, 5.74) is 5.34. The van der Waals surface area contributed by atoms with Crippen molar-refractivity contribution < 1.29 is 9.53 Å². The van der Waals surface area contributed by atoms with Gasteiger partial charge >= 0.3 is 5.97 Å². The van der Waals surface area contributed by atoms with Crippen molar-refractivity contribution in [2.45, 2.75) is 0 Å². The summed E-state index contributed by atoms with van der Waals surface area (Å²) in [7, 11) is 2.81. The molecule has 2 N–H and O–H groups in total. The lowest BCUT2D eigenvalue weighted by Crippen LogP contribution is -2.23. The van der Waals surface area contributed by atoms with Gasteiger partial charge in [0, 0.05) is 19.4 Å². The number of aromatic nitrogens is 4. The zero-order valence-corrected chi connectivity index (χ0v) is 9.82. The second kappa shape index (κ2) is 4.32. The Morgan fingerprint density at radius 1 is 1.50 bits per heavy atom. The van der Waals surface area contributed by atoms with Crippen molar-refractivity contribution in [1.82, 2.24) is 19.3 Å². The summed E-state index contributed by atoms with van der Waals surface area (Å²) in [4.78, 5) is 27.1. The van der Waals surface area contributed by atoms with Crippen LogP contribution in [0.2, 0.25) is 0 Å². The van der Waals surface area contributed by atoms with E-state index in [9.17, 15) is 9.59 Å². The molecule has 2 aromatic heterocycles. The first-order chi connectivity index (χ1) is 8.54. The standard InChI is InChI=1S/C10H11N5O3/c1-14-4-3-12-8(9(14)16)15-5-6(11)7(13-15)10(17)18-2/h3-5H,11H2,1-2H3. The second-order valence-electron chi connectivity index (χ2n) is 3.54. The monoisotopic (exact) mass is 249 g/mol. The highest BCUT2D eigenvalue weighted by Crippen LogP contribution is 2.11. The Morgan fingerprint density at radius 2 is 2.22 bits per heavy atom. The smallest absolute Gasteiger partial charge is 0.360 e. The summed E-state index contributed by atoms with van der Waals surface area (Å²) in [6.45, 7) is 0. The molecule has 0 aliphatic carbocycles. The zero-order valence-electron chi connectivity index (χ0n) is 9.82. The first-order valence-corrected chi connectivity index (χ1v) is 5.00. The molecule has 8 nitrogen and oxygen atoms in total. The SMILES string of the molecule is COC(=O)c1nn(-c2nccn(C)c2=O)cc1N. The van der Waals surface area contributed by atoms with Crippen molar-refractivity contribution in [3.8, 4) is 5.82 Å². The first kappa shape index (κ1) is 11.8. The Kier molecular flexibility index (Phi) is 2.84. The number of nitrogen functional groups attached to an aromatic ring is 1. The van der Waals surface area contributed by atoms with Crippen molar-refractivity contribution in [3.63, 3.8) is 0 Å². The van der Waals surface area contributed by atoms with Crippen molar-refractivity contribution >= 4 is 11.7 Å². The van der Waals surface area contributed by atoms with E-state index in [1.165, 1.54) is 30.3 Å². The highest BCUT2D eigenvalue weighted by atomic mass is 16.5. The molecule has 0 aromatic carbocycles. The fourth-order valence-corrected chi connectivity index (χ4v) is 1.39. The van der Waals surface area contributed by atoms with Crippen LogP contribution in [0.1, 0.15) is 10.5 Å². The van der Waals surface area contributed by atoms with Crippen LogP contribution < -0.4 is 11.3 Å². The van der Waals surface area contributed by atoms with Gasteiger partial charge in [0.2, 0.25) is 5.82 Å². The van der Waals surface area contributed by atoms with E-state index in [4.69, 9.17) is 5.73 Å². The molecule has 0 saturated heterocycles. The molecule has 0 fully saturated rings. The summed E-state index contributed by atoms with van der Waals surface area (Å²) < 4.78 is 7.02. The molecule has 2 heterocycles. The third-order valence-electron chi connectivity index (χ3n) is 2.34. The number of anilines is 1. The number of methoxy groups -OCH3 is 1. The lowest BCUT2D eigenvalue weighted by molar-refractivity contribution is 0.0594. The van der Waals surface area contributed by atoms with Crippen LogP contribution in [-0.4, -0.2) is 32.4 Å². The number of esters is 1. The maximum absolute atomic E-state index is 11.8. The Labute approximate surface area is 102 Å². The number of nitrogens with two attached hydrogens (primary N) is 1. The molecule has 94 valence electrons. The Hall–Kier alpha value is -2.64. The second-order valence-corrected chi connectivity index (χ2v) is 3.54. The highest BCUT2D eigenvalue weighted by molar-refractivity contribution is 5.92. The Balaban J connectivity index is 2.56. The third kappa shape index (κ3) is 1.83. The summed E-state index contributed by atoms with van der Waals surface area (Å²) in [6.07, 6.45) is 4.31. The molecule has 8 heteroatoms.